The van der Waals surface area contributed by atoms with Crippen LogP contribution < -0.4 is 16.0 Å². The fraction of sp³-hybridized carbons (Fsp3) is 0.269. The predicted molar refractivity (Wildman–Crippen MR) is 135 cm³/mol. The summed E-state index contributed by atoms with van der Waals surface area (Å²) in [5.41, 5.74) is 8.68. The molecule has 1 aromatic carbocycles. The highest BCUT2D eigenvalue weighted by molar-refractivity contribution is 5.88. The first-order chi connectivity index (χ1) is 16.9. The molecule has 7 nitrogen and oxygen atoms in total. The number of halogens is 2. The molecule has 1 unspecified atom stereocenters. The third-order valence-electron chi connectivity index (χ3n) is 6.36. The van der Waals surface area contributed by atoms with Crippen LogP contribution in [0.5, 0.6) is 0 Å². The minimum absolute atomic E-state index is 0.209. The maximum Gasteiger partial charge on any atom is 0.150 e. The summed E-state index contributed by atoms with van der Waals surface area (Å²) in [7, 11) is 2.12. The number of hydrogen-bond acceptors (Lipinski definition) is 7. The first-order valence-electron chi connectivity index (χ1n) is 11.6. The van der Waals surface area contributed by atoms with Crippen LogP contribution in [0.15, 0.2) is 55.0 Å². The van der Waals surface area contributed by atoms with E-state index in [4.69, 9.17) is 5.73 Å². The topological polar surface area (TPSA) is 83.2 Å². The molecule has 1 atom stereocenters. The fourth-order valence-corrected chi connectivity index (χ4v) is 4.36. The standard InChI is InChI=1S/C26H27F2N7/c1-16(29)19-5-6-30-26-21(19)11-17(12-22(26)27)20-13-25(32-15-23(20)28)33-24-4-3-18(14-31-24)35-9-7-34(2)8-10-35/h3-6,11-16H,7-10,29H2,1-2H3,(H,31,32,33). The van der Waals surface area contributed by atoms with Crippen LogP contribution >= 0.6 is 0 Å². The second-order valence-corrected chi connectivity index (χ2v) is 8.91. The van der Waals surface area contributed by atoms with Crippen molar-refractivity contribution < 1.29 is 8.78 Å². The minimum Gasteiger partial charge on any atom is -0.368 e. The number of nitrogens with two attached hydrogens (primary N) is 1. The van der Waals surface area contributed by atoms with Gasteiger partial charge in [-0.3, -0.25) is 4.98 Å². The third kappa shape index (κ3) is 4.78. The highest BCUT2D eigenvalue weighted by Gasteiger charge is 2.16. The lowest BCUT2D eigenvalue weighted by molar-refractivity contribution is 0.313. The molecule has 0 aliphatic carbocycles. The van der Waals surface area contributed by atoms with E-state index in [9.17, 15) is 8.78 Å². The summed E-state index contributed by atoms with van der Waals surface area (Å²) < 4.78 is 29.7. The molecule has 0 bridgehead atoms. The van der Waals surface area contributed by atoms with Crippen molar-refractivity contribution in [1.29, 1.82) is 0 Å². The summed E-state index contributed by atoms with van der Waals surface area (Å²) in [4.78, 5) is 17.4. The lowest BCUT2D eigenvalue weighted by atomic mass is 9.98. The number of piperazine rings is 1. The molecule has 0 radical (unpaired) electrons. The van der Waals surface area contributed by atoms with E-state index in [-0.39, 0.29) is 17.1 Å². The van der Waals surface area contributed by atoms with Gasteiger partial charge in [-0.15, -0.1) is 0 Å². The molecular weight excluding hydrogens is 448 g/mol. The summed E-state index contributed by atoms with van der Waals surface area (Å²) in [6.45, 7) is 5.75. The Morgan fingerprint density at radius 3 is 2.40 bits per heavy atom. The van der Waals surface area contributed by atoms with E-state index in [1.165, 1.54) is 12.3 Å². The number of fused-ring (bicyclic) bond motifs is 1. The molecule has 1 saturated heterocycles. The molecule has 4 aromatic rings. The van der Waals surface area contributed by atoms with Crippen molar-refractivity contribution in [2.45, 2.75) is 13.0 Å². The van der Waals surface area contributed by atoms with Gasteiger partial charge in [0.15, 0.2) is 0 Å². The van der Waals surface area contributed by atoms with Crippen LogP contribution in [0.3, 0.4) is 0 Å². The Bertz CT molecular complexity index is 1350. The molecule has 3 N–H and O–H groups in total. The number of nitrogens with one attached hydrogen (secondary N) is 1. The lowest BCUT2D eigenvalue weighted by Gasteiger charge is -2.33. The maximum absolute atomic E-state index is 14.9. The van der Waals surface area contributed by atoms with Crippen LogP contribution in [0.25, 0.3) is 22.0 Å². The van der Waals surface area contributed by atoms with Gasteiger partial charge in [-0.2, -0.15) is 0 Å². The minimum atomic E-state index is -0.557. The van der Waals surface area contributed by atoms with Crippen molar-refractivity contribution in [3.05, 3.63) is 72.2 Å². The lowest BCUT2D eigenvalue weighted by Crippen LogP contribution is -2.44. The van der Waals surface area contributed by atoms with Gasteiger partial charge in [-0.25, -0.2) is 18.7 Å². The molecule has 35 heavy (non-hydrogen) atoms. The molecule has 5 rings (SSSR count). The number of likely N-dealkylation sites (N-methyl/N-ethyl adjacent to an activating group) is 1. The first-order valence-corrected chi connectivity index (χ1v) is 11.6. The van der Waals surface area contributed by atoms with Crippen LogP contribution in [0.4, 0.5) is 26.1 Å². The summed E-state index contributed by atoms with van der Waals surface area (Å²) in [6, 6.07) is 9.86. The van der Waals surface area contributed by atoms with Gasteiger partial charge in [0.2, 0.25) is 0 Å². The third-order valence-corrected chi connectivity index (χ3v) is 6.36. The Morgan fingerprint density at radius 2 is 1.69 bits per heavy atom. The van der Waals surface area contributed by atoms with E-state index in [1.807, 2.05) is 25.3 Å². The SMILES string of the molecule is CC(N)c1ccnc2c(F)cc(-c3cc(Nc4ccc(N5CCN(C)CC5)cn4)ncc3F)cc12. The number of nitrogens with zero attached hydrogens (tertiary/aromatic N) is 5. The van der Waals surface area contributed by atoms with E-state index >= 15 is 0 Å². The second kappa shape index (κ2) is 9.52. The molecule has 3 aromatic heterocycles. The van der Waals surface area contributed by atoms with E-state index in [2.05, 4.69) is 37.1 Å². The van der Waals surface area contributed by atoms with Gasteiger partial charge in [-0.1, -0.05) is 0 Å². The molecule has 1 fully saturated rings. The normalized spacial score (nSPS) is 15.4. The summed E-state index contributed by atoms with van der Waals surface area (Å²) >= 11 is 0. The Kier molecular flexibility index (Phi) is 6.27. The Labute approximate surface area is 202 Å². The van der Waals surface area contributed by atoms with Crippen molar-refractivity contribution in [1.82, 2.24) is 19.9 Å². The van der Waals surface area contributed by atoms with E-state index in [1.54, 1.807) is 18.2 Å². The quantitative estimate of drug-likeness (QED) is 0.440. The number of hydrogen-bond donors (Lipinski definition) is 2. The zero-order valence-electron chi connectivity index (χ0n) is 19.7. The van der Waals surface area contributed by atoms with Crippen molar-refractivity contribution in [2.24, 2.45) is 5.73 Å². The van der Waals surface area contributed by atoms with Crippen LogP contribution in [-0.2, 0) is 0 Å². The smallest absolute Gasteiger partial charge is 0.150 e. The highest BCUT2D eigenvalue weighted by atomic mass is 19.1. The number of anilines is 3. The molecule has 0 amide bonds. The van der Waals surface area contributed by atoms with Gasteiger partial charge in [0.05, 0.1) is 18.1 Å². The van der Waals surface area contributed by atoms with E-state index < -0.39 is 11.6 Å². The summed E-state index contributed by atoms with van der Waals surface area (Å²) in [5, 5.41) is 3.68. The number of benzene rings is 1. The Morgan fingerprint density at radius 1 is 0.914 bits per heavy atom. The van der Waals surface area contributed by atoms with Crippen molar-refractivity contribution >= 4 is 28.2 Å². The van der Waals surface area contributed by atoms with Crippen molar-refractivity contribution in [2.75, 3.05) is 43.4 Å². The number of rotatable bonds is 5. The number of pyridine rings is 3. The maximum atomic E-state index is 14.9. The first kappa shape index (κ1) is 23.1. The second-order valence-electron chi connectivity index (χ2n) is 8.91. The van der Waals surface area contributed by atoms with Gasteiger partial charge >= 0.3 is 0 Å². The zero-order chi connectivity index (χ0) is 24.5. The predicted octanol–water partition coefficient (Wildman–Crippen LogP) is 4.49. The van der Waals surface area contributed by atoms with Gasteiger partial charge in [-0.05, 0) is 61.5 Å². The molecule has 4 heterocycles. The zero-order valence-corrected chi connectivity index (χ0v) is 19.7. The van der Waals surface area contributed by atoms with E-state index in [0.717, 1.165) is 43.6 Å². The molecule has 0 saturated carbocycles. The van der Waals surface area contributed by atoms with Crippen LogP contribution in [0.1, 0.15) is 18.5 Å². The average Bonchev–Trinajstić information content (AvgIpc) is 2.86. The van der Waals surface area contributed by atoms with Crippen molar-refractivity contribution in [3.8, 4) is 11.1 Å². The van der Waals surface area contributed by atoms with Crippen LogP contribution in [0.2, 0.25) is 0 Å². The molecular formula is C26H27F2N7. The number of aromatic nitrogens is 3. The van der Waals surface area contributed by atoms with Gasteiger partial charge < -0.3 is 20.9 Å². The van der Waals surface area contributed by atoms with Gasteiger partial charge in [0.25, 0.3) is 0 Å². The van der Waals surface area contributed by atoms with E-state index in [0.29, 0.717) is 22.6 Å². The monoisotopic (exact) mass is 475 g/mol. The van der Waals surface area contributed by atoms with Crippen molar-refractivity contribution in [3.63, 3.8) is 0 Å². The molecule has 1 aliphatic rings. The largest absolute Gasteiger partial charge is 0.368 e. The Balaban J connectivity index is 1.43. The molecule has 9 heteroatoms. The van der Waals surface area contributed by atoms with Gasteiger partial charge in [0, 0.05) is 49.4 Å². The van der Waals surface area contributed by atoms with Crippen LogP contribution in [-0.4, -0.2) is 53.1 Å². The Hall–Kier alpha value is -3.69. The molecule has 0 spiro atoms. The molecule has 1 aliphatic heterocycles. The summed E-state index contributed by atoms with van der Waals surface area (Å²) in [5.74, 6) is -0.104. The average molecular weight is 476 g/mol. The summed E-state index contributed by atoms with van der Waals surface area (Å²) in [6.07, 6.45) is 4.47. The van der Waals surface area contributed by atoms with Crippen LogP contribution in [0, 0.1) is 11.6 Å². The molecule has 180 valence electrons. The fourth-order valence-electron chi connectivity index (χ4n) is 4.36. The highest BCUT2D eigenvalue weighted by Crippen LogP contribution is 2.32. The van der Waals surface area contributed by atoms with Gasteiger partial charge in [0.1, 0.15) is 28.8 Å².